The summed E-state index contributed by atoms with van der Waals surface area (Å²) in [5.41, 5.74) is 1.84. The summed E-state index contributed by atoms with van der Waals surface area (Å²) in [5, 5.41) is 10.2. The van der Waals surface area contributed by atoms with E-state index in [1.807, 2.05) is 36.4 Å². The Morgan fingerprint density at radius 2 is 1.00 bits per heavy atom. The zero-order chi connectivity index (χ0) is 17.8. The Bertz CT molecular complexity index is 809. The fourth-order valence-electron chi connectivity index (χ4n) is 2.40. The van der Waals surface area contributed by atoms with Crippen molar-refractivity contribution in [2.24, 2.45) is 0 Å². The molecule has 0 bridgehead atoms. The Morgan fingerprint density at radius 3 is 1.36 bits per heavy atom. The third-order valence-corrected chi connectivity index (χ3v) is 4.71. The summed E-state index contributed by atoms with van der Waals surface area (Å²) >= 11 is 1.49. The summed E-state index contributed by atoms with van der Waals surface area (Å²) in [6.07, 6.45) is 0. The summed E-state index contributed by atoms with van der Waals surface area (Å²) in [6, 6.07) is 11.3. The molecule has 6 nitrogen and oxygen atoms in total. The van der Waals surface area contributed by atoms with E-state index < -0.39 is 0 Å². The van der Waals surface area contributed by atoms with Crippen molar-refractivity contribution in [3.05, 3.63) is 36.4 Å². The number of methoxy groups -OCH3 is 4. The summed E-state index contributed by atoms with van der Waals surface area (Å²) < 4.78 is 21.2. The van der Waals surface area contributed by atoms with Gasteiger partial charge in [0, 0.05) is 11.1 Å². The van der Waals surface area contributed by atoms with E-state index in [1.165, 1.54) is 11.3 Å². The molecule has 0 saturated heterocycles. The SMILES string of the molecule is COc1ccc(-c2nnc(-c3ccc(OC)c(OC)c3)s2)cc1OC. The number of hydrogen-bond acceptors (Lipinski definition) is 7. The highest BCUT2D eigenvalue weighted by molar-refractivity contribution is 7.17. The lowest BCUT2D eigenvalue weighted by atomic mass is 10.2. The van der Waals surface area contributed by atoms with Gasteiger partial charge in [0.05, 0.1) is 28.4 Å². The highest BCUT2D eigenvalue weighted by Gasteiger charge is 2.13. The molecule has 2 aromatic carbocycles. The molecule has 3 aromatic rings. The molecule has 0 spiro atoms. The Balaban J connectivity index is 1.95. The van der Waals surface area contributed by atoms with Crippen LogP contribution in [0.2, 0.25) is 0 Å². The number of ether oxygens (including phenoxy) is 4. The van der Waals surface area contributed by atoms with Crippen LogP contribution in [-0.2, 0) is 0 Å². The van der Waals surface area contributed by atoms with Crippen LogP contribution in [-0.4, -0.2) is 38.6 Å². The normalized spacial score (nSPS) is 10.4. The summed E-state index contributed by atoms with van der Waals surface area (Å²) in [7, 11) is 6.43. The Hall–Kier alpha value is -2.80. The second-order valence-corrected chi connectivity index (χ2v) is 6.03. The molecule has 3 rings (SSSR count). The molecule has 0 aliphatic heterocycles. The first-order valence-corrected chi connectivity index (χ1v) is 8.30. The van der Waals surface area contributed by atoms with Gasteiger partial charge in [0.1, 0.15) is 10.0 Å². The maximum Gasteiger partial charge on any atom is 0.161 e. The number of aromatic nitrogens is 2. The number of benzene rings is 2. The second-order valence-electron chi connectivity index (χ2n) is 5.05. The highest BCUT2D eigenvalue weighted by atomic mass is 32.1. The molecule has 0 aliphatic rings. The number of rotatable bonds is 6. The van der Waals surface area contributed by atoms with Gasteiger partial charge in [-0.2, -0.15) is 0 Å². The zero-order valence-electron chi connectivity index (χ0n) is 14.4. The molecule has 0 N–H and O–H groups in total. The second kappa shape index (κ2) is 7.40. The van der Waals surface area contributed by atoms with Gasteiger partial charge in [-0.05, 0) is 36.4 Å². The van der Waals surface area contributed by atoms with E-state index in [0.29, 0.717) is 23.0 Å². The molecular weight excluding hydrogens is 340 g/mol. The molecular formula is C18H18N2O4S. The minimum atomic E-state index is 0.655. The highest BCUT2D eigenvalue weighted by Crippen LogP contribution is 2.37. The predicted molar refractivity (Wildman–Crippen MR) is 97.0 cm³/mol. The zero-order valence-corrected chi connectivity index (χ0v) is 15.2. The number of hydrogen-bond donors (Lipinski definition) is 0. The molecule has 0 unspecified atom stereocenters. The molecule has 25 heavy (non-hydrogen) atoms. The van der Waals surface area contributed by atoms with Crippen LogP contribution in [0.25, 0.3) is 21.1 Å². The van der Waals surface area contributed by atoms with Crippen molar-refractivity contribution < 1.29 is 18.9 Å². The van der Waals surface area contributed by atoms with Crippen LogP contribution in [0.4, 0.5) is 0 Å². The van der Waals surface area contributed by atoms with Gasteiger partial charge in [0.25, 0.3) is 0 Å². The molecule has 1 aromatic heterocycles. The van der Waals surface area contributed by atoms with Crippen molar-refractivity contribution in [3.63, 3.8) is 0 Å². The van der Waals surface area contributed by atoms with Crippen LogP contribution in [0.3, 0.4) is 0 Å². The summed E-state index contributed by atoms with van der Waals surface area (Å²) in [4.78, 5) is 0. The number of nitrogens with zero attached hydrogens (tertiary/aromatic N) is 2. The molecule has 0 saturated carbocycles. The topological polar surface area (TPSA) is 62.7 Å². The van der Waals surface area contributed by atoms with Crippen molar-refractivity contribution in [1.29, 1.82) is 0 Å². The van der Waals surface area contributed by atoms with Gasteiger partial charge in [-0.25, -0.2) is 0 Å². The van der Waals surface area contributed by atoms with Crippen molar-refractivity contribution in [3.8, 4) is 44.1 Å². The molecule has 0 fully saturated rings. The molecule has 0 amide bonds. The van der Waals surface area contributed by atoms with Crippen LogP contribution >= 0.6 is 11.3 Å². The van der Waals surface area contributed by atoms with E-state index in [-0.39, 0.29) is 0 Å². The van der Waals surface area contributed by atoms with Crippen LogP contribution in [0.5, 0.6) is 23.0 Å². The van der Waals surface area contributed by atoms with Gasteiger partial charge in [-0.1, -0.05) is 11.3 Å². The molecule has 1 heterocycles. The van der Waals surface area contributed by atoms with Gasteiger partial charge in [0.15, 0.2) is 23.0 Å². The molecule has 0 atom stereocenters. The van der Waals surface area contributed by atoms with E-state index in [4.69, 9.17) is 18.9 Å². The third-order valence-electron chi connectivity index (χ3n) is 3.69. The van der Waals surface area contributed by atoms with Gasteiger partial charge in [-0.15, -0.1) is 10.2 Å². The Labute approximate surface area is 150 Å². The Kier molecular flexibility index (Phi) is 5.04. The van der Waals surface area contributed by atoms with E-state index in [9.17, 15) is 0 Å². The van der Waals surface area contributed by atoms with E-state index in [2.05, 4.69) is 10.2 Å². The monoisotopic (exact) mass is 358 g/mol. The molecule has 7 heteroatoms. The first-order valence-electron chi connectivity index (χ1n) is 7.48. The molecule has 130 valence electrons. The predicted octanol–water partition coefficient (Wildman–Crippen LogP) is 3.91. The van der Waals surface area contributed by atoms with Gasteiger partial charge < -0.3 is 18.9 Å². The smallest absolute Gasteiger partial charge is 0.161 e. The van der Waals surface area contributed by atoms with Crippen LogP contribution in [0.1, 0.15) is 0 Å². The lowest BCUT2D eigenvalue weighted by molar-refractivity contribution is 0.355. The average molecular weight is 358 g/mol. The van der Waals surface area contributed by atoms with Crippen molar-refractivity contribution in [2.75, 3.05) is 28.4 Å². The summed E-state index contributed by atoms with van der Waals surface area (Å²) in [5.74, 6) is 2.66. The first kappa shape index (κ1) is 17.0. The fraction of sp³-hybridized carbons (Fsp3) is 0.222. The van der Waals surface area contributed by atoms with Crippen LogP contribution < -0.4 is 18.9 Å². The standard InChI is InChI=1S/C18H18N2O4S/c1-21-13-7-5-11(9-15(13)23-3)17-19-20-18(25-17)12-6-8-14(22-2)16(10-12)24-4/h5-10H,1-4H3. The van der Waals surface area contributed by atoms with Crippen LogP contribution in [0, 0.1) is 0 Å². The van der Waals surface area contributed by atoms with Crippen molar-refractivity contribution in [2.45, 2.75) is 0 Å². The quantitative estimate of drug-likeness (QED) is 0.666. The fourth-order valence-corrected chi connectivity index (χ4v) is 3.23. The van der Waals surface area contributed by atoms with E-state index in [0.717, 1.165) is 21.1 Å². The minimum absolute atomic E-state index is 0.655. The summed E-state index contributed by atoms with van der Waals surface area (Å²) in [6.45, 7) is 0. The average Bonchev–Trinajstić information content (AvgIpc) is 3.17. The minimum Gasteiger partial charge on any atom is -0.493 e. The maximum atomic E-state index is 5.35. The lowest BCUT2D eigenvalue weighted by Crippen LogP contribution is -1.90. The van der Waals surface area contributed by atoms with Gasteiger partial charge in [-0.3, -0.25) is 0 Å². The molecule has 0 aliphatic carbocycles. The first-order chi connectivity index (χ1) is 12.2. The molecule has 0 radical (unpaired) electrons. The van der Waals surface area contributed by atoms with Crippen molar-refractivity contribution >= 4 is 11.3 Å². The Morgan fingerprint density at radius 1 is 0.600 bits per heavy atom. The third kappa shape index (κ3) is 3.36. The van der Waals surface area contributed by atoms with Crippen molar-refractivity contribution in [1.82, 2.24) is 10.2 Å². The van der Waals surface area contributed by atoms with Gasteiger partial charge >= 0.3 is 0 Å². The van der Waals surface area contributed by atoms with E-state index >= 15 is 0 Å². The lowest BCUT2D eigenvalue weighted by Gasteiger charge is -2.08. The van der Waals surface area contributed by atoms with E-state index in [1.54, 1.807) is 28.4 Å². The maximum absolute atomic E-state index is 5.35. The van der Waals surface area contributed by atoms with Gasteiger partial charge in [0.2, 0.25) is 0 Å². The van der Waals surface area contributed by atoms with Crippen LogP contribution in [0.15, 0.2) is 36.4 Å². The largest absolute Gasteiger partial charge is 0.493 e.